The minimum absolute atomic E-state index is 0.103. The van der Waals surface area contributed by atoms with Gasteiger partial charge in [0, 0.05) is 74.0 Å². The number of aromatic nitrogens is 2. The molecule has 4 N–H and O–H groups in total. The zero-order valence-electron chi connectivity index (χ0n) is 25.6. The average molecular weight is 602 g/mol. The van der Waals surface area contributed by atoms with Crippen LogP contribution >= 0.6 is 0 Å². The number of rotatable bonds is 10. The first-order chi connectivity index (χ1) is 22.1. The van der Waals surface area contributed by atoms with Gasteiger partial charge in [0.05, 0.1) is 5.56 Å². The molecule has 1 aliphatic rings. The van der Waals surface area contributed by atoms with Crippen molar-refractivity contribution in [3.63, 3.8) is 0 Å². The summed E-state index contributed by atoms with van der Waals surface area (Å²) in [4.78, 5) is 36.3. The monoisotopic (exact) mass is 601 g/mol. The van der Waals surface area contributed by atoms with Crippen molar-refractivity contribution in [2.24, 2.45) is 0 Å². The van der Waals surface area contributed by atoms with Crippen LogP contribution in [0.3, 0.4) is 0 Å². The van der Waals surface area contributed by atoms with E-state index in [9.17, 15) is 9.59 Å². The third-order valence-corrected chi connectivity index (χ3v) is 7.73. The van der Waals surface area contributed by atoms with Crippen molar-refractivity contribution in [1.82, 2.24) is 25.5 Å². The molecular weight excluding hydrogens is 562 g/mol. The lowest BCUT2D eigenvalue weighted by Crippen LogP contribution is -2.37. The lowest BCUT2D eigenvalue weighted by molar-refractivity contribution is 0.0947. The molecule has 230 valence electrons. The Balaban J connectivity index is 1.28. The molecule has 3 amide bonds. The van der Waals surface area contributed by atoms with E-state index in [-0.39, 0.29) is 11.9 Å². The lowest BCUT2D eigenvalue weighted by Gasteiger charge is -2.26. The normalized spacial score (nSPS) is 12.8. The molecule has 5 rings (SSSR count). The SMILES string of the molecule is CNc1cc(C#Cc2cc(NC(=O)NCCc3cccnc3)ccc2-c2ccncc2)ccc1C(=O)NCCN1CCCCC1. The highest BCUT2D eigenvalue weighted by atomic mass is 16.2. The Morgan fingerprint density at radius 1 is 0.867 bits per heavy atom. The first-order valence-electron chi connectivity index (χ1n) is 15.4. The maximum absolute atomic E-state index is 13.0. The van der Waals surface area contributed by atoms with Gasteiger partial charge in [0.1, 0.15) is 0 Å². The lowest BCUT2D eigenvalue weighted by atomic mass is 9.99. The maximum atomic E-state index is 13.0. The van der Waals surface area contributed by atoms with Gasteiger partial charge in [-0.05, 0) is 97.6 Å². The second kappa shape index (κ2) is 16.0. The maximum Gasteiger partial charge on any atom is 0.319 e. The number of pyridine rings is 2. The molecule has 0 radical (unpaired) electrons. The van der Waals surface area contributed by atoms with Crippen molar-refractivity contribution in [2.45, 2.75) is 25.7 Å². The third-order valence-electron chi connectivity index (χ3n) is 7.73. The van der Waals surface area contributed by atoms with E-state index in [2.05, 4.69) is 48.0 Å². The Morgan fingerprint density at radius 2 is 1.71 bits per heavy atom. The molecule has 1 aliphatic heterocycles. The van der Waals surface area contributed by atoms with Crippen LogP contribution in [0.4, 0.5) is 16.2 Å². The van der Waals surface area contributed by atoms with E-state index < -0.39 is 0 Å². The second-order valence-corrected chi connectivity index (χ2v) is 10.9. The van der Waals surface area contributed by atoms with Gasteiger partial charge in [0.25, 0.3) is 5.91 Å². The van der Waals surface area contributed by atoms with Crippen molar-refractivity contribution in [3.05, 3.63) is 108 Å². The van der Waals surface area contributed by atoms with E-state index >= 15 is 0 Å². The van der Waals surface area contributed by atoms with Crippen LogP contribution in [-0.2, 0) is 6.42 Å². The molecule has 9 nitrogen and oxygen atoms in total. The van der Waals surface area contributed by atoms with E-state index in [1.54, 1.807) is 31.8 Å². The van der Waals surface area contributed by atoms with Gasteiger partial charge in [-0.25, -0.2) is 4.79 Å². The molecule has 4 aromatic rings. The van der Waals surface area contributed by atoms with Crippen LogP contribution in [0.5, 0.6) is 0 Å². The van der Waals surface area contributed by atoms with Crippen LogP contribution in [0.1, 0.15) is 46.3 Å². The van der Waals surface area contributed by atoms with Crippen LogP contribution in [-0.4, -0.2) is 66.6 Å². The summed E-state index contributed by atoms with van der Waals surface area (Å²) in [6, 6.07) is 18.6. The molecule has 2 aromatic carbocycles. The molecule has 45 heavy (non-hydrogen) atoms. The van der Waals surface area contributed by atoms with Crippen LogP contribution in [0.15, 0.2) is 85.5 Å². The minimum atomic E-state index is -0.294. The standard InChI is InChI=1S/C36H39N7O2/c1-37-34-24-27(8-11-33(34)35(44)40-20-23-43-21-3-2-4-22-43)7-9-30-25-31(10-12-32(30)29-14-17-38-18-15-29)42-36(45)41-19-13-28-6-5-16-39-26-28/h5-6,8,10-12,14-18,24-26,37H,2-4,13,19-23H2,1H3,(H,40,44)(H2,41,42,45). The molecule has 0 bridgehead atoms. The quantitative estimate of drug-likeness (QED) is 0.187. The predicted octanol–water partition coefficient (Wildman–Crippen LogP) is 5.17. The summed E-state index contributed by atoms with van der Waals surface area (Å²) >= 11 is 0. The molecule has 0 unspecified atom stereocenters. The summed E-state index contributed by atoms with van der Waals surface area (Å²) in [5.41, 5.74) is 6.38. The summed E-state index contributed by atoms with van der Waals surface area (Å²) < 4.78 is 0. The highest BCUT2D eigenvalue weighted by molar-refractivity contribution is 6.00. The van der Waals surface area contributed by atoms with Crippen molar-refractivity contribution in [3.8, 4) is 23.0 Å². The molecule has 2 aromatic heterocycles. The van der Waals surface area contributed by atoms with Gasteiger partial charge in [-0.1, -0.05) is 30.4 Å². The first-order valence-corrected chi connectivity index (χ1v) is 15.4. The number of urea groups is 1. The minimum Gasteiger partial charge on any atom is -0.387 e. The van der Waals surface area contributed by atoms with Crippen molar-refractivity contribution < 1.29 is 9.59 Å². The summed E-state index contributed by atoms with van der Waals surface area (Å²) in [5.74, 6) is 6.44. The van der Waals surface area contributed by atoms with Crippen LogP contribution in [0.2, 0.25) is 0 Å². The molecular formula is C36H39N7O2. The zero-order chi connectivity index (χ0) is 31.3. The van der Waals surface area contributed by atoms with Crippen LogP contribution < -0.4 is 21.3 Å². The van der Waals surface area contributed by atoms with Gasteiger partial charge in [0.15, 0.2) is 0 Å². The van der Waals surface area contributed by atoms with E-state index in [4.69, 9.17) is 0 Å². The van der Waals surface area contributed by atoms with Gasteiger partial charge in [-0.15, -0.1) is 0 Å². The van der Waals surface area contributed by atoms with E-state index in [1.165, 1.54) is 19.3 Å². The number of hydrogen-bond donors (Lipinski definition) is 4. The van der Waals surface area contributed by atoms with Crippen molar-refractivity contribution >= 4 is 23.3 Å². The van der Waals surface area contributed by atoms with Gasteiger partial charge in [-0.2, -0.15) is 0 Å². The molecule has 3 heterocycles. The summed E-state index contributed by atoms with van der Waals surface area (Å²) in [7, 11) is 1.80. The Kier molecular flexibility index (Phi) is 11.1. The molecule has 0 saturated carbocycles. The Morgan fingerprint density at radius 3 is 2.49 bits per heavy atom. The van der Waals surface area contributed by atoms with Gasteiger partial charge >= 0.3 is 6.03 Å². The highest BCUT2D eigenvalue weighted by Gasteiger charge is 2.14. The molecule has 0 spiro atoms. The largest absolute Gasteiger partial charge is 0.387 e. The fraction of sp³-hybridized carbons (Fsp3) is 0.278. The second-order valence-electron chi connectivity index (χ2n) is 10.9. The molecule has 0 atom stereocenters. The number of amides is 3. The van der Waals surface area contributed by atoms with E-state index in [0.717, 1.165) is 47.5 Å². The highest BCUT2D eigenvalue weighted by Crippen LogP contribution is 2.26. The van der Waals surface area contributed by atoms with Gasteiger partial charge < -0.3 is 26.2 Å². The number of anilines is 2. The van der Waals surface area contributed by atoms with Crippen LogP contribution in [0, 0.1) is 11.8 Å². The summed E-state index contributed by atoms with van der Waals surface area (Å²) in [6.07, 6.45) is 11.4. The zero-order valence-corrected chi connectivity index (χ0v) is 25.6. The average Bonchev–Trinajstić information content (AvgIpc) is 3.08. The number of nitrogens with zero attached hydrogens (tertiary/aromatic N) is 3. The van der Waals surface area contributed by atoms with Gasteiger partial charge in [-0.3, -0.25) is 14.8 Å². The third kappa shape index (κ3) is 9.15. The van der Waals surface area contributed by atoms with E-state index in [1.807, 2.05) is 60.7 Å². The number of benzene rings is 2. The van der Waals surface area contributed by atoms with Crippen LogP contribution in [0.25, 0.3) is 11.1 Å². The topological polar surface area (TPSA) is 111 Å². The number of carbonyl (C=O) groups excluding carboxylic acids is 2. The summed E-state index contributed by atoms with van der Waals surface area (Å²) in [6.45, 7) is 4.18. The Bertz CT molecular complexity index is 1640. The number of nitrogens with one attached hydrogen (secondary N) is 4. The Labute approximate surface area is 264 Å². The smallest absolute Gasteiger partial charge is 0.319 e. The number of piperidine rings is 1. The Hall–Kier alpha value is -5.20. The van der Waals surface area contributed by atoms with Gasteiger partial charge in [0.2, 0.25) is 0 Å². The number of hydrogen-bond acceptors (Lipinski definition) is 6. The fourth-order valence-corrected chi connectivity index (χ4v) is 5.32. The molecule has 0 aliphatic carbocycles. The number of carbonyl (C=O) groups is 2. The van der Waals surface area contributed by atoms with E-state index in [0.29, 0.717) is 36.4 Å². The molecule has 1 fully saturated rings. The summed E-state index contributed by atoms with van der Waals surface area (Å²) in [5, 5.41) is 12.0. The first kappa shape index (κ1) is 31.2. The number of likely N-dealkylation sites (tertiary alicyclic amines) is 1. The molecule has 1 saturated heterocycles. The van der Waals surface area contributed by atoms with Crippen molar-refractivity contribution in [2.75, 3.05) is 50.4 Å². The fourth-order valence-electron chi connectivity index (χ4n) is 5.32. The predicted molar refractivity (Wildman–Crippen MR) is 179 cm³/mol. The molecule has 9 heteroatoms. The van der Waals surface area contributed by atoms with Crippen molar-refractivity contribution in [1.29, 1.82) is 0 Å².